The van der Waals surface area contributed by atoms with E-state index < -0.39 is 29.8 Å². The van der Waals surface area contributed by atoms with Gasteiger partial charge < -0.3 is 75.4 Å². The Morgan fingerprint density at radius 2 is 0.533 bits per heavy atom. The Hall–Kier alpha value is -2.92. The topological polar surface area (TPSA) is 377 Å². The predicted molar refractivity (Wildman–Crippen MR) is 187 cm³/mol. The molecule has 0 amide bonds. The van der Waals surface area contributed by atoms with Gasteiger partial charge in [-0.2, -0.15) is 0 Å². The van der Waals surface area contributed by atoms with E-state index in [2.05, 4.69) is 19.9 Å². The Balaban J connectivity index is -0.0000000500. The molecule has 0 spiro atoms. The Labute approximate surface area is 419 Å². The number of hydrogen-bond acceptors (Lipinski definition) is 18. The first kappa shape index (κ1) is 84.5. The van der Waals surface area contributed by atoms with E-state index in [9.17, 15) is 20.4 Å². The number of pyridine rings is 4. The van der Waals surface area contributed by atoms with Gasteiger partial charge in [-0.25, -0.2) is 0 Å². The molecular formula is C35H44Cl2DyN4Ni3O15+. The fourth-order valence-electron chi connectivity index (χ4n) is 1.93. The van der Waals surface area contributed by atoms with Gasteiger partial charge in [0.15, 0.2) is 0 Å². The van der Waals surface area contributed by atoms with Crippen molar-refractivity contribution in [3.8, 4) is 0 Å². The molecule has 0 fully saturated rings. The molecule has 1 radical (unpaired) electrons. The summed E-state index contributed by atoms with van der Waals surface area (Å²) in [5.74, 6) is -5.42. The first-order chi connectivity index (χ1) is 25.8. The van der Waals surface area contributed by atoms with Crippen LogP contribution in [0.5, 0.6) is 0 Å². The quantitative estimate of drug-likeness (QED) is 0.104. The molecule has 0 aromatic carbocycles. The monoisotopic (exact) mass is 1170 g/mol. The van der Waals surface area contributed by atoms with Crippen LogP contribution in [0, 0.1) is 38.2 Å². The second kappa shape index (κ2) is 70.6. The van der Waals surface area contributed by atoms with Crippen molar-refractivity contribution in [1.29, 1.82) is 0 Å². The number of hydrogen-bond donors (Lipinski definition) is 0. The number of carbonyl (C=O) groups is 5. The van der Waals surface area contributed by atoms with Crippen molar-refractivity contribution < 1.29 is 163 Å². The largest absolute Gasteiger partial charge is 3.00 e. The summed E-state index contributed by atoms with van der Waals surface area (Å²) in [6.45, 7) is 3.98. The van der Waals surface area contributed by atoms with E-state index in [1.165, 1.54) is 0 Å². The van der Waals surface area contributed by atoms with Crippen LogP contribution >= 0.6 is 23.2 Å². The number of rotatable bonds is 4. The van der Waals surface area contributed by atoms with Gasteiger partial charge in [0, 0.05) is 77.4 Å². The summed E-state index contributed by atoms with van der Waals surface area (Å²) < 4.78 is 0. The molecule has 25 heteroatoms. The number of carboxylic acid groups (broad SMARTS) is 5. The van der Waals surface area contributed by atoms with Gasteiger partial charge in [0.1, 0.15) is 0 Å². The summed E-state index contributed by atoms with van der Waals surface area (Å²) in [5.41, 5.74) is 2.42. The van der Waals surface area contributed by atoms with Crippen molar-refractivity contribution in [3.63, 3.8) is 0 Å². The summed E-state index contributed by atoms with van der Waals surface area (Å²) in [7, 11) is 0. The Kier molecular flexibility index (Phi) is 99.5. The summed E-state index contributed by atoms with van der Waals surface area (Å²) >= 11 is 9.53. The first-order valence-electron chi connectivity index (χ1n) is 14.7. The third-order valence-electron chi connectivity index (χ3n) is 3.50. The van der Waals surface area contributed by atoms with E-state index >= 15 is 0 Å². The molecule has 0 bridgehead atoms. The SMILES string of the molecule is CC(=O)[O-].CC(=O)[O-].CC(=O)[O-].CC(=O)[O-].CC(=O)[O-].ClCCl.[Dy+3].[Ni+2].[Ni+2].[Ni+2].[O-]Cc1ccccn1.[O-]Cc1ccccn1.[O-]Cc1ccccn1.[O-]Cc1ccccn1.[OH3+]. The van der Waals surface area contributed by atoms with Crippen molar-refractivity contribution in [1.82, 2.24) is 19.9 Å². The van der Waals surface area contributed by atoms with Crippen molar-refractivity contribution in [2.75, 3.05) is 5.34 Å². The zero-order valence-corrected chi connectivity index (χ0v) is 38.9. The van der Waals surface area contributed by atoms with Gasteiger partial charge in [-0.1, -0.05) is 50.7 Å². The summed E-state index contributed by atoms with van der Waals surface area (Å²) in [4.78, 5) is 59.6. The van der Waals surface area contributed by atoms with Crippen LogP contribution in [0.25, 0.3) is 0 Å². The Morgan fingerprint density at radius 3 is 0.583 bits per heavy atom. The van der Waals surface area contributed by atoms with Gasteiger partial charge in [-0.15, -0.1) is 23.2 Å². The van der Waals surface area contributed by atoms with Gasteiger partial charge in [-0.3, -0.25) is 19.9 Å². The molecule has 0 aliphatic carbocycles. The van der Waals surface area contributed by atoms with Crippen LogP contribution in [0.3, 0.4) is 0 Å². The molecule has 0 aliphatic rings. The predicted octanol–water partition coefficient (Wildman–Crippen LogP) is -5.96. The summed E-state index contributed by atoms with van der Waals surface area (Å²) in [5, 5.41) is 84.9. The number of carboxylic acids is 5. The van der Waals surface area contributed by atoms with Gasteiger partial charge in [0.25, 0.3) is 0 Å². The second-order valence-corrected chi connectivity index (χ2v) is 9.23. The van der Waals surface area contributed by atoms with Crippen LogP contribution in [0.4, 0.5) is 0 Å². The molecule has 19 nitrogen and oxygen atoms in total. The molecule has 0 atom stereocenters. The van der Waals surface area contributed by atoms with E-state index in [0.29, 0.717) is 22.8 Å². The van der Waals surface area contributed by atoms with Crippen LogP contribution in [0.2, 0.25) is 0 Å². The number of alkyl halides is 2. The van der Waals surface area contributed by atoms with Crippen LogP contribution in [-0.2, 0) is 105 Å². The fraction of sp³-hybridized carbons (Fsp3) is 0.286. The van der Waals surface area contributed by atoms with Crippen molar-refractivity contribution >= 4 is 53.0 Å². The minimum absolute atomic E-state index is 0. The van der Waals surface area contributed by atoms with E-state index in [1.54, 1.807) is 97.6 Å². The Morgan fingerprint density at radius 1 is 0.417 bits per heavy atom. The number of carbonyl (C=O) groups excluding carboxylic acids is 5. The minimum Gasteiger partial charge on any atom is -0.850 e. The normalized spacial score (nSPS) is 7.25. The van der Waals surface area contributed by atoms with Crippen LogP contribution in [0.1, 0.15) is 57.4 Å². The molecule has 4 aromatic heterocycles. The number of aliphatic carboxylic acids is 5. The van der Waals surface area contributed by atoms with Crippen LogP contribution < -0.4 is 46.0 Å². The maximum absolute atomic E-state index is 10.1. The molecule has 4 rings (SSSR count). The van der Waals surface area contributed by atoms with Crippen molar-refractivity contribution in [2.45, 2.75) is 61.0 Å². The summed E-state index contributed by atoms with van der Waals surface area (Å²) in [6, 6.07) is 21.2. The van der Waals surface area contributed by atoms with Crippen molar-refractivity contribution in [3.05, 3.63) is 120 Å². The maximum atomic E-state index is 10.1. The standard InChI is InChI=1S/4C6H6NO.5C2H4O2.CH2Cl2.Dy.3Ni.H2O/c4*8-5-6-3-1-2-4-7-6;5*1-2(3)4;2-1-3;;;;;/h4*1-4H,5H2;5*1H3,(H,3,4);1H2;;;;;1H2/q4*-1;;;;;;;+3;3*+2;/p-4. The third kappa shape index (κ3) is 117. The van der Waals surface area contributed by atoms with E-state index in [-0.39, 0.29) is 125 Å². The third-order valence-corrected chi connectivity index (χ3v) is 3.50. The van der Waals surface area contributed by atoms with E-state index in [4.69, 9.17) is 72.7 Å². The number of nitrogens with zero attached hydrogens (tertiary/aromatic N) is 4. The molecule has 60 heavy (non-hydrogen) atoms. The molecule has 347 valence electrons. The Bertz CT molecular complexity index is 1210. The molecule has 0 saturated heterocycles. The molecule has 0 unspecified atom stereocenters. The number of aromatic nitrogens is 4. The summed E-state index contributed by atoms with van der Waals surface area (Å²) in [6.07, 6.45) is 6.47. The number of halogens is 2. The molecule has 4 aromatic rings. The minimum atomic E-state index is -1.08. The zero-order valence-electron chi connectivity index (χ0n) is 32.4. The zero-order chi connectivity index (χ0) is 43.9. The maximum Gasteiger partial charge on any atom is 3.00 e. The molecule has 0 saturated carbocycles. The molecular weight excluding hydrogens is 1130 g/mol. The average molecular weight is 1170 g/mol. The first-order valence-corrected chi connectivity index (χ1v) is 15.8. The smallest absolute Gasteiger partial charge is 0.850 e. The van der Waals surface area contributed by atoms with Crippen LogP contribution in [0.15, 0.2) is 97.6 Å². The van der Waals surface area contributed by atoms with Gasteiger partial charge in [-0.05, 0) is 83.1 Å². The second-order valence-electron chi connectivity index (χ2n) is 8.42. The van der Waals surface area contributed by atoms with Gasteiger partial charge >= 0.3 is 87.6 Å². The van der Waals surface area contributed by atoms with Gasteiger partial charge in [0.05, 0.1) is 5.34 Å². The van der Waals surface area contributed by atoms with Crippen LogP contribution in [-0.4, -0.2) is 55.1 Å². The molecule has 0 aliphatic heterocycles. The van der Waals surface area contributed by atoms with Crippen molar-refractivity contribution in [2.24, 2.45) is 0 Å². The fourth-order valence-corrected chi connectivity index (χ4v) is 1.93. The average Bonchev–Trinajstić information content (AvgIpc) is 3.13. The van der Waals surface area contributed by atoms with Gasteiger partial charge in [0.2, 0.25) is 0 Å². The molecule has 3 N–H and O–H groups in total. The molecule has 4 heterocycles. The van der Waals surface area contributed by atoms with E-state index in [1.807, 2.05) is 0 Å². The van der Waals surface area contributed by atoms with E-state index in [0.717, 1.165) is 34.6 Å².